The van der Waals surface area contributed by atoms with Crippen LogP contribution in [0, 0.1) is 13.8 Å². The van der Waals surface area contributed by atoms with Crippen LogP contribution in [0.5, 0.6) is 17.2 Å². The van der Waals surface area contributed by atoms with Crippen LogP contribution in [-0.2, 0) is 9.59 Å². The van der Waals surface area contributed by atoms with Crippen LogP contribution in [-0.4, -0.2) is 27.2 Å². The summed E-state index contributed by atoms with van der Waals surface area (Å²) in [4.78, 5) is 22.1. The Morgan fingerprint density at radius 2 is 1.61 bits per heavy atom. The van der Waals surface area contributed by atoms with Crippen molar-refractivity contribution in [2.75, 3.05) is 5.32 Å². The highest BCUT2D eigenvalue weighted by atomic mass is 35.5. The molecule has 0 spiro atoms. The zero-order valence-electron chi connectivity index (χ0n) is 16.7. The Morgan fingerprint density at radius 1 is 1.00 bits per heavy atom. The number of hydrogen-bond donors (Lipinski definition) is 4. The Bertz CT molecular complexity index is 1120. The van der Waals surface area contributed by atoms with Gasteiger partial charge in [0.1, 0.15) is 23.4 Å². The van der Waals surface area contributed by atoms with E-state index in [0.29, 0.717) is 38.9 Å². The lowest BCUT2D eigenvalue weighted by atomic mass is 10.0. The lowest BCUT2D eigenvalue weighted by molar-refractivity contribution is -0.147. The van der Waals surface area contributed by atoms with Crippen molar-refractivity contribution >= 4 is 29.2 Å². The third-order valence-corrected chi connectivity index (χ3v) is 4.86. The number of aliphatic carboxylic acids is 1. The Labute approximate surface area is 183 Å². The normalized spacial score (nSPS) is 11.6. The van der Waals surface area contributed by atoms with Crippen molar-refractivity contribution < 1.29 is 29.6 Å². The zero-order chi connectivity index (χ0) is 22.7. The van der Waals surface area contributed by atoms with Gasteiger partial charge in [0.05, 0.1) is 0 Å². The SMILES string of the molecule is Cc1cc(NC(=O)C(=O)O)cc(C)c1Oc1ccc(O)c(C(O)c2ccc(Cl)cc2)c1. The van der Waals surface area contributed by atoms with E-state index in [2.05, 4.69) is 5.32 Å². The molecule has 31 heavy (non-hydrogen) atoms. The van der Waals surface area contributed by atoms with Crippen molar-refractivity contribution in [3.8, 4) is 17.2 Å². The number of benzene rings is 3. The van der Waals surface area contributed by atoms with Crippen molar-refractivity contribution in [1.82, 2.24) is 0 Å². The van der Waals surface area contributed by atoms with E-state index in [4.69, 9.17) is 21.4 Å². The van der Waals surface area contributed by atoms with E-state index in [1.165, 1.54) is 12.1 Å². The van der Waals surface area contributed by atoms with Crippen LogP contribution in [0.2, 0.25) is 5.02 Å². The maximum absolute atomic E-state index is 11.4. The molecule has 1 atom stereocenters. The predicted octanol–water partition coefficient (Wildman–Crippen LogP) is 4.56. The summed E-state index contributed by atoms with van der Waals surface area (Å²) in [6.07, 6.45) is -1.09. The average molecular weight is 442 g/mol. The number of aliphatic hydroxyl groups excluding tert-OH is 1. The quantitative estimate of drug-likeness (QED) is 0.431. The number of carbonyl (C=O) groups is 2. The molecule has 1 unspecified atom stereocenters. The molecule has 0 aliphatic carbocycles. The van der Waals surface area contributed by atoms with Gasteiger partial charge in [-0.25, -0.2) is 4.79 Å². The summed E-state index contributed by atoms with van der Waals surface area (Å²) >= 11 is 5.89. The molecule has 0 bridgehead atoms. The molecule has 4 N–H and O–H groups in total. The fraction of sp³-hybridized carbons (Fsp3) is 0.130. The molecule has 0 heterocycles. The van der Waals surface area contributed by atoms with Crippen LogP contribution in [0.3, 0.4) is 0 Å². The number of carboxylic acid groups (broad SMARTS) is 1. The number of ether oxygens (including phenoxy) is 1. The van der Waals surface area contributed by atoms with E-state index in [0.717, 1.165) is 0 Å². The molecule has 8 heteroatoms. The Balaban J connectivity index is 1.88. The van der Waals surface area contributed by atoms with Crippen molar-refractivity contribution in [2.24, 2.45) is 0 Å². The average Bonchev–Trinajstić information content (AvgIpc) is 2.72. The van der Waals surface area contributed by atoms with E-state index < -0.39 is 18.0 Å². The molecule has 7 nitrogen and oxygen atoms in total. The first kappa shape index (κ1) is 22.1. The van der Waals surface area contributed by atoms with Crippen molar-refractivity contribution in [2.45, 2.75) is 20.0 Å². The molecule has 0 saturated carbocycles. The number of rotatable bonds is 5. The minimum atomic E-state index is -1.58. The summed E-state index contributed by atoms with van der Waals surface area (Å²) in [5, 5.41) is 32.5. The monoisotopic (exact) mass is 441 g/mol. The van der Waals surface area contributed by atoms with Crippen molar-refractivity contribution in [3.63, 3.8) is 0 Å². The number of aromatic hydroxyl groups is 1. The maximum atomic E-state index is 11.4. The number of aliphatic hydroxyl groups is 1. The summed E-state index contributed by atoms with van der Waals surface area (Å²) in [7, 11) is 0. The molecule has 0 fully saturated rings. The van der Waals surface area contributed by atoms with Gasteiger partial charge in [-0.2, -0.15) is 0 Å². The van der Waals surface area contributed by atoms with Gasteiger partial charge in [-0.05, 0) is 73.0 Å². The van der Waals surface area contributed by atoms with Gasteiger partial charge in [-0.1, -0.05) is 23.7 Å². The minimum absolute atomic E-state index is 0.0880. The predicted molar refractivity (Wildman–Crippen MR) is 116 cm³/mol. The van der Waals surface area contributed by atoms with Gasteiger partial charge in [-0.3, -0.25) is 4.79 Å². The molecule has 0 aromatic heterocycles. The van der Waals surface area contributed by atoms with E-state index in [-0.39, 0.29) is 11.3 Å². The molecule has 0 aliphatic rings. The Kier molecular flexibility index (Phi) is 6.48. The molecule has 3 aromatic carbocycles. The zero-order valence-corrected chi connectivity index (χ0v) is 17.5. The number of aryl methyl sites for hydroxylation is 2. The van der Waals surface area contributed by atoms with E-state index in [1.54, 1.807) is 56.3 Å². The Morgan fingerprint density at radius 3 is 2.19 bits per heavy atom. The van der Waals surface area contributed by atoms with Crippen LogP contribution in [0.4, 0.5) is 5.69 Å². The summed E-state index contributed by atoms with van der Waals surface area (Å²) < 4.78 is 5.98. The fourth-order valence-corrected chi connectivity index (χ4v) is 3.25. The largest absolute Gasteiger partial charge is 0.508 e. The number of amides is 1. The third-order valence-electron chi connectivity index (χ3n) is 4.61. The second kappa shape index (κ2) is 9.07. The van der Waals surface area contributed by atoms with Crippen LogP contribution in [0.25, 0.3) is 0 Å². The topological polar surface area (TPSA) is 116 Å². The molecular weight excluding hydrogens is 422 g/mol. The number of halogens is 1. The first-order valence-corrected chi connectivity index (χ1v) is 9.63. The summed E-state index contributed by atoms with van der Waals surface area (Å²) in [5.41, 5.74) is 2.48. The highest BCUT2D eigenvalue weighted by Gasteiger charge is 2.18. The molecule has 3 aromatic rings. The highest BCUT2D eigenvalue weighted by molar-refractivity contribution is 6.36. The lowest BCUT2D eigenvalue weighted by Crippen LogP contribution is -2.21. The lowest BCUT2D eigenvalue weighted by Gasteiger charge is -2.17. The van der Waals surface area contributed by atoms with Gasteiger partial charge < -0.3 is 25.4 Å². The maximum Gasteiger partial charge on any atom is 0.394 e. The second-order valence-corrected chi connectivity index (χ2v) is 7.41. The molecule has 0 radical (unpaired) electrons. The van der Waals surface area contributed by atoms with Gasteiger partial charge in [0, 0.05) is 16.3 Å². The number of phenolic OH excluding ortho intramolecular Hbond substituents is 1. The van der Waals surface area contributed by atoms with E-state index >= 15 is 0 Å². The Hall–Kier alpha value is -3.55. The number of carbonyl (C=O) groups excluding carboxylic acids is 1. The van der Waals surface area contributed by atoms with E-state index in [9.17, 15) is 19.8 Å². The van der Waals surface area contributed by atoms with Gasteiger partial charge in [0.2, 0.25) is 0 Å². The summed E-state index contributed by atoms with van der Waals surface area (Å²) in [6.45, 7) is 3.51. The summed E-state index contributed by atoms with van der Waals surface area (Å²) in [5.74, 6) is -1.91. The molecule has 1 amide bonds. The van der Waals surface area contributed by atoms with Crippen LogP contribution >= 0.6 is 11.6 Å². The first-order chi connectivity index (χ1) is 14.7. The highest BCUT2D eigenvalue weighted by Crippen LogP contribution is 2.36. The van der Waals surface area contributed by atoms with Crippen LogP contribution < -0.4 is 10.1 Å². The fourth-order valence-electron chi connectivity index (χ4n) is 3.13. The molecule has 3 rings (SSSR count). The third kappa shape index (κ3) is 5.14. The molecular formula is C23H20ClNO6. The van der Waals surface area contributed by atoms with Crippen molar-refractivity contribution in [3.05, 3.63) is 81.9 Å². The number of anilines is 1. The second-order valence-electron chi connectivity index (χ2n) is 6.98. The van der Waals surface area contributed by atoms with Gasteiger partial charge in [-0.15, -0.1) is 0 Å². The number of carboxylic acids is 1. The molecule has 0 aliphatic heterocycles. The standard InChI is InChI=1S/C23H20ClNO6/c1-12-9-16(25-22(28)23(29)30)10-13(2)21(12)31-17-7-8-19(26)18(11-17)20(27)14-3-5-15(24)6-4-14/h3-11,20,26-27H,1-2H3,(H,25,28)(H,29,30). The van der Waals surface area contributed by atoms with Gasteiger partial charge >= 0.3 is 11.9 Å². The number of nitrogens with one attached hydrogen (secondary N) is 1. The van der Waals surface area contributed by atoms with Gasteiger partial charge in [0.25, 0.3) is 0 Å². The number of phenols is 1. The van der Waals surface area contributed by atoms with Crippen LogP contribution in [0.15, 0.2) is 54.6 Å². The van der Waals surface area contributed by atoms with E-state index in [1.807, 2.05) is 0 Å². The first-order valence-electron chi connectivity index (χ1n) is 9.25. The molecule has 160 valence electrons. The summed E-state index contributed by atoms with van der Waals surface area (Å²) in [6, 6.07) is 14.3. The molecule has 0 saturated heterocycles. The van der Waals surface area contributed by atoms with Crippen molar-refractivity contribution in [1.29, 1.82) is 0 Å². The number of hydrogen-bond acceptors (Lipinski definition) is 5. The smallest absolute Gasteiger partial charge is 0.394 e. The van der Waals surface area contributed by atoms with Gasteiger partial charge in [0.15, 0.2) is 0 Å². The van der Waals surface area contributed by atoms with Crippen LogP contribution in [0.1, 0.15) is 28.4 Å². The minimum Gasteiger partial charge on any atom is -0.508 e.